The van der Waals surface area contributed by atoms with E-state index in [0.29, 0.717) is 11.3 Å². The molecule has 0 spiro atoms. The van der Waals surface area contributed by atoms with E-state index in [-0.39, 0.29) is 11.5 Å². The van der Waals surface area contributed by atoms with Gasteiger partial charge in [0.2, 0.25) is 0 Å². The van der Waals surface area contributed by atoms with Gasteiger partial charge < -0.3 is 10.1 Å². The van der Waals surface area contributed by atoms with Crippen LogP contribution in [0.25, 0.3) is 0 Å². The second-order valence-electron chi connectivity index (χ2n) is 4.59. The average molecular weight is 287 g/mol. The van der Waals surface area contributed by atoms with Gasteiger partial charge >= 0.3 is 5.97 Å². The molecule has 0 bridgehead atoms. The van der Waals surface area contributed by atoms with Crippen LogP contribution in [0.15, 0.2) is 60.3 Å². The molecule has 1 aliphatic rings. The third-order valence-corrected chi connectivity index (χ3v) is 3.07. The molecule has 1 aliphatic heterocycles. The van der Waals surface area contributed by atoms with Gasteiger partial charge in [-0.15, -0.1) is 0 Å². The first-order valence-corrected chi connectivity index (χ1v) is 6.33. The molecule has 2 aromatic carbocycles. The van der Waals surface area contributed by atoms with E-state index in [1.807, 2.05) is 0 Å². The van der Waals surface area contributed by atoms with Gasteiger partial charge in [0.15, 0.2) is 0 Å². The van der Waals surface area contributed by atoms with Gasteiger partial charge in [-0.05, 0) is 42.0 Å². The molecule has 1 heterocycles. The van der Waals surface area contributed by atoms with Crippen molar-refractivity contribution in [1.82, 2.24) is 0 Å². The molecule has 0 aliphatic carbocycles. The van der Waals surface area contributed by atoms with Crippen LogP contribution in [-0.2, 0) is 9.53 Å². The van der Waals surface area contributed by atoms with Crippen molar-refractivity contribution in [2.45, 2.75) is 6.10 Å². The highest BCUT2D eigenvalue weighted by Crippen LogP contribution is 2.28. The minimum Gasteiger partial charge on any atom is -0.448 e. The lowest BCUT2D eigenvalue weighted by molar-refractivity contribution is -0.139. The molecular formula is C16H11F2NO2. The number of hydrogen-bond acceptors (Lipinski definition) is 3. The third kappa shape index (κ3) is 2.91. The summed E-state index contributed by atoms with van der Waals surface area (Å²) in [5, 5.41) is 2.82. The number of cyclic esters (lactones) is 1. The Balaban J connectivity index is 1.81. The fourth-order valence-corrected chi connectivity index (χ4v) is 2.06. The van der Waals surface area contributed by atoms with Crippen molar-refractivity contribution < 1.29 is 18.3 Å². The van der Waals surface area contributed by atoms with E-state index >= 15 is 0 Å². The van der Waals surface area contributed by atoms with Gasteiger partial charge in [0.25, 0.3) is 0 Å². The SMILES string of the molecule is O=C1O[C@@H](c2ccc(F)cc2)C=C1Nc1cccc(F)c1. The highest BCUT2D eigenvalue weighted by molar-refractivity contribution is 5.94. The first-order valence-electron chi connectivity index (χ1n) is 6.33. The molecule has 0 amide bonds. The van der Waals surface area contributed by atoms with Crippen molar-refractivity contribution in [3.05, 3.63) is 77.5 Å². The molecule has 0 unspecified atom stereocenters. The predicted octanol–water partition coefficient (Wildman–Crippen LogP) is 3.56. The number of benzene rings is 2. The highest BCUT2D eigenvalue weighted by atomic mass is 19.1. The Morgan fingerprint density at radius 1 is 1.00 bits per heavy atom. The van der Waals surface area contributed by atoms with Crippen LogP contribution >= 0.6 is 0 Å². The minimum absolute atomic E-state index is 0.231. The third-order valence-electron chi connectivity index (χ3n) is 3.07. The van der Waals surface area contributed by atoms with Crippen LogP contribution < -0.4 is 5.32 Å². The van der Waals surface area contributed by atoms with Crippen LogP contribution in [0.1, 0.15) is 11.7 Å². The van der Waals surface area contributed by atoms with Gasteiger partial charge in [-0.1, -0.05) is 18.2 Å². The van der Waals surface area contributed by atoms with Gasteiger partial charge in [0.05, 0.1) is 0 Å². The van der Waals surface area contributed by atoms with E-state index in [9.17, 15) is 13.6 Å². The molecule has 0 saturated heterocycles. The fraction of sp³-hybridized carbons (Fsp3) is 0.0625. The van der Waals surface area contributed by atoms with Gasteiger partial charge in [0, 0.05) is 5.69 Å². The first kappa shape index (κ1) is 13.3. The molecule has 2 aromatic rings. The standard InChI is InChI=1S/C16H11F2NO2/c17-11-6-4-10(5-7-11)15-9-14(16(20)21-15)19-13-3-1-2-12(18)8-13/h1-9,15,19H/t15-/m1/s1. The van der Waals surface area contributed by atoms with Crippen LogP contribution in [0.4, 0.5) is 14.5 Å². The summed E-state index contributed by atoms with van der Waals surface area (Å²) >= 11 is 0. The van der Waals surface area contributed by atoms with Crippen molar-refractivity contribution in [1.29, 1.82) is 0 Å². The lowest BCUT2D eigenvalue weighted by Crippen LogP contribution is -2.08. The van der Waals surface area contributed by atoms with E-state index in [0.717, 1.165) is 0 Å². The Kier molecular flexibility index (Phi) is 3.39. The summed E-state index contributed by atoms with van der Waals surface area (Å²) in [6.07, 6.45) is 1.01. The summed E-state index contributed by atoms with van der Waals surface area (Å²) in [7, 11) is 0. The number of nitrogens with one attached hydrogen (secondary N) is 1. The maximum Gasteiger partial charge on any atom is 0.355 e. The molecule has 3 nitrogen and oxygen atoms in total. The smallest absolute Gasteiger partial charge is 0.355 e. The minimum atomic E-state index is -0.575. The molecular weight excluding hydrogens is 276 g/mol. The number of halogens is 2. The van der Waals surface area contributed by atoms with Gasteiger partial charge in [-0.25, -0.2) is 13.6 Å². The quantitative estimate of drug-likeness (QED) is 0.877. The molecule has 1 N–H and O–H groups in total. The molecule has 1 atom stereocenters. The summed E-state index contributed by atoms with van der Waals surface area (Å²) in [5.41, 5.74) is 1.36. The monoisotopic (exact) mass is 287 g/mol. The molecule has 106 valence electrons. The summed E-state index contributed by atoms with van der Waals surface area (Å²) in [6, 6.07) is 11.5. The fourth-order valence-electron chi connectivity index (χ4n) is 2.06. The van der Waals surface area contributed by atoms with Crippen LogP contribution in [0.2, 0.25) is 0 Å². The van der Waals surface area contributed by atoms with Crippen molar-refractivity contribution in [2.75, 3.05) is 5.32 Å². The Bertz CT molecular complexity index is 710. The predicted molar refractivity (Wildman–Crippen MR) is 73.3 cm³/mol. The number of hydrogen-bond donors (Lipinski definition) is 1. The number of anilines is 1. The molecule has 3 rings (SSSR count). The second-order valence-corrected chi connectivity index (χ2v) is 4.59. The molecule has 5 heteroatoms. The number of esters is 1. The van der Waals surface area contributed by atoms with Crippen LogP contribution in [-0.4, -0.2) is 5.97 Å². The molecule has 0 fully saturated rings. The Hall–Kier alpha value is -2.69. The molecule has 0 saturated carbocycles. The van der Waals surface area contributed by atoms with Crippen LogP contribution in [0.3, 0.4) is 0 Å². The first-order chi connectivity index (χ1) is 10.1. The summed E-state index contributed by atoms with van der Waals surface area (Å²) in [6.45, 7) is 0. The molecule has 0 aromatic heterocycles. The van der Waals surface area contributed by atoms with Gasteiger partial charge in [-0.3, -0.25) is 0 Å². The largest absolute Gasteiger partial charge is 0.448 e. The Labute approximate surface area is 119 Å². The number of carbonyl (C=O) groups excluding carboxylic acids is 1. The normalized spacial score (nSPS) is 17.3. The van der Waals surface area contributed by atoms with Crippen molar-refractivity contribution in [3.63, 3.8) is 0 Å². The van der Waals surface area contributed by atoms with E-state index in [1.54, 1.807) is 24.3 Å². The van der Waals surface area contributed by atoms with Crippen molar-refractivity contribution in [3.8, 4) is 0 Å². The van der Waals surface area contributed by atoms with Gasteiger partial charge in [0.1, 0.15) is 23.4 Å². The highest BCUT2D eigenvalue weighted by Gasteiger charge is 2.26. The zero-order valence-corrected chi connectivity index (χ0v) is 10.8. The number of ether oxygens (including phenoxy) is 1. The number of rotatable bonds is 3. The van der Waals surface area contributed by atoms with Crippen LogP contribution in [0, 0.1) is 11.6 Å². The Morgan fingerprint density at radius 3 is 2.48 bits per heavy atom. The number of carbonyl (C=O) groups is 1. The lowest BCUT2D eigenvalue weighted by atomic mass is 10.1. The van der Waals surface area contributed by atoms with E-state index in [2.05, 4.69) is 5.32 Å². The summed E-state index contributed by atoms with van der Waals surface area (Å²) in [4.78, 5) is 11.8. The average Bonchev–Trinajstić information content (AvgIpc) is 2.81. The van der Waals surface area contributed by atoms with Crippen LogP contribution in [0.5, 0.6) is 0 Å². The second kappa shape index (κ2) is 5.36. The topological polar surface area (TPSA) is 38.3 Å². The zero-order chi connectivity index (χ0) is 14.8. The van der Waals surface area contributed by atoms with E-state index in [1.165, 1.54) is 30.3 Å². The summed E-state index contributed by atoms with van der Waals surface area (Å²) in [5.74, 6) is -1.29. The van der Waals surface area contributed by atoms with Crippen molar-refractivity contribution in [2.24, 2.45) is 0 Å². The van der Waals surface area contributed by atoms with Crippen molar-refractivity contribution >= 4 is 11.7 Å². The van der Waals surface area contributed by atoms with E-state index in [4.69, 9.17) is 4.74 Å². The summed E-state index contributed by atoms with van der Waals surface area (Å²) < 4.78 is 31.2. The van der Waals surface area contributed by atoms with Gasteiger partial charge in [-0.2, -0.15) is 0 Å². The Morgan fingerprint density at radius 2 is 1.76 bits per heavy atom. The van der Waals surface area contributed by atoms with E-state index < -0.39 is 17.9 Å². The lowest BCUT2D eigenvalue weighted by Gasteiger charge is -2.07. The molecule has 21 heavy (non-hydrogen) atoms. The maximum atomic E-state index is 13.1. The maximum absolute atomic E-state index is 13.1. The molecule has 0 radical (unpaired) electrons. The zero-order valence-electron chi connectivity index (χ0n) is 10.8.